The summed E-state index contributed by atoms with van der Waals surface area (Å²) in [5.74, 6) is 0.661. The van der Waals surface area contributed by atoms with Gasteiger partial charge in [0.1, 0.15) is 22.8 Å². The Morgan fingerprint density at radius 1 is 1.11 bits per heavy atom. The van der Waals surface area contributed by atoms with E-state index in [0.717, 1.165) is 16.5 Å². The largest absolute Gasteiger partial charge is 0.454 e. The summed E-state index contributed by atoms with van der Waals surface area (Å²) in [5, 5.41) is 2.04. The lowest BCUT2D eigenvalue weighted by molar-refractivity contribution is 0.627. The van der Waals surface area contributed by atoms with Crippen molar-refractivity contribution in [1.82, 2.24) is 9.97 Å². The van der Waals surface area contributed by atoms with Crippen LogP contribution in [0.5, 0.6) is 0 Å². The van der Waals surface area contributed by atoms with Crippen molar-refractivity contribution in [2.75, 3.05) is 0 Å². The molecular formula is C13H8Cl2N2O. The average Bonchev–Trinajstić information content (AvgIpc) is 2.75. The van der Waals surface area contributed by atoms with Gasteiger partial charge in [0.2, 0.25) is 0 Å². The number of aromatic nitrogens is 2. The maximum absolute atomic E-state index is 5.97. The van der Waals surface area contributed by atoms with Gasteiger partial charge in [-0.25, -0.2) is 9.97 Å². The van der Waals surface area contributed by atoms with E-state index in [1.807, 2.05) is 25.1 Å². The number of halogens is 2. The highest BCUT2D eigenvalue weighted by Gasteiger charge is 2.12. The highest BCUT2D eigenvalue weighted by atomic mass is 35.5. The van der Waals surface area contributed by atoms with Crippen LogP contribution >= 0.6 is 23.2 Å². The van der Waals surface area contributed by atoms with Gasteiger partial charge < -0.3 is 4.42 Å². The molecule has 0 bridgehead atoms. The number of nitrogens with zero attached hydrogens (tertiary/aromatic N) is 2. The van der Waals surface area contributed by atoms with Crippen LogP contribution in [0.2, 0.25) is 10.2 Å². The van der Waals surface area contributed by atoms with Crippen molar-refractivity contribution >= 4 is 34.2 Å². The molecule has 0 saturated heterocycles. The minimum Gasteiger partial charge on any atom is -0.454 e. The van der Waals surface area contributed by atoms with E-state index < -0.39 is 0 Å². The van der Waals surface area contributed by atoms with Gasteiger partial charge in [-0.2, -0.15) is 0 Å². The second-order valence-electron chi connectivity index (χ2n) is 3.93. The normalized spacial score (nSPS) is 11.1. The van der Waals surface area contributed by atoms with Gasteiger partial charge in [-0.3, -0.25) is 0 Å². The second-order valence-corrected chi connectivity index (χ2v) is 4.73. The molecule has 0 amide bonds. The summed E-state index contributed by atoms with van der Waals surface area (Å²) < 4.78 is 5.74. The first-order chi connectivity index (χ1) is 8.65. The Balaban J connectivity index is 2.22. The SMILES string of the molecule is Cc1c(Cl)ncnc1-c1cc2cc(Cl)ccc2o1. The van der Waals surface area contributed by atoms with Gasteiger partial charge in [0.05, 0.1) is 0 Å². The third-order valence-electron chi connectivity index (χ3n) is 2.73. The molecule has 0 spiro atoms. The first-order valence-electron chi connectivity index (χ1n) is 5.32. The van der Waals surface area contributed by atoms with Gasteiger partial charge >= 0.3 is 0 Å². The van der Waals surface area contributed by atoms with Crippen LogP contribution in [0.15, 0.2) is 35.0 Å². The maximum Gasteiger partial charge on any atom is 0.154 e. The Bertz CT molecular complexity index is 737. The highest BCUT2D eigenvalue weighted by molar-refractivity contribution is 6.31. The minimum absolute atomic E-state index is 0.429. The molecule has 0 fully saturated rings. The van der Waals surface area contributed by atoms with Crippen LogP contribution in [0.1, 0.15) is 5.56 Å². The van der Waals surface area contributed by atoms with Crippen LogP contribution in [0.3, 0.4) is 0 Å². The Morgan fingerprint density at radius 3 is 2.78 bits per heavy atom. The van der Waals surface area contributed by atoms with Crippen molar-refractivity contribution in [2.45, 2.75) is 6.92 Å². The van der Waals surface area contributed by atoms with E-state index in [9.17, 15) is 0 Å². The lowest BCUT2D eigenvalue weighted by Gasteiger charge is -2.01. The second kappa shape index (κ2) is 4.26. The van der Waals surface area contributed by atoms with Gasteiger partial charge in [-0.1, -0.05) is 23.2 Å². The summed E-state index contributed by atoms with van der Waals surface area (Å²) in [4.78, 5) is 8.13. The van der Waals surface area contributed by atoms with Gasteiger partial charge in [0.15, 0.2) is 5.76 Å². The van der Waals surface area contributed by atoms with Crippen molar-refractivity contribution in [3.63, 3.8) is 0 Å². The summed E-state index contributed by atoms with van der Waals surface area (Å²) in [6, 6.07) is 7.37. The van der Waals surface area contributed by atoms with Crippen molar-refractivity contribution < 1.29 is 4.42 Å². The molecule has 0 atom stereocenters. The van der Waals surface area contributed by atoms with Crippen LogP contribution in [-0.4, -0.2) is 9.97 Å². The molecular weight excluding hydrogens is 271 g/mol. The van der Waals surface area contributed by atoms with E-state index in [-0.39, 0.29) is 0 Å². The molecule has 3 rings (SSSR count). The first kappa shape index (κ1) is 11.5. The molecule has 0 unspecified atom stereocenters. The first-order valence-corrected chi connectivity index (χ1v) is 6.07. The number of rotatable bonds is 1. The molecule has 0 aliphatic rings. The van der Waals surface area contributed by atoms with E-state index in [0.29, 0.717) is 21.6 Å². The zero-order chi connectivity index (χ0) is 12.7. The number of hydrogen-bond donors (Lipinski definition) is 0. The molecule has 3 aromatic rings. The van der Waals surface area contributed by atoms with Crippen molar-refractivity contribution in [1.29, 1.82) is 0 Å². The maximum atomic E-state index is 5.97. The fourth-order valence-corrected chi connectivity index (χ4v) is 2.12. The fraction of sp³-hybridized carbons (Fsp3) is 0.0769. The number of fused-ring (bicyclic) bond motifs is 1. The van der Waals surface area contributed by atoms with Gasteiger partial charge in [-0.15, -0.1) is 0 Å². The van der Waals surface area contributed by atoms with E-state index in [4.69, 9.17) is 27.6 Å². The zero-order valence-electron chi connectivity index (χ0n) is 9.45. The van der Waals surface area contributed by atoms with E-state index in [1.165, 1.54) is 6.33 Å². The molecule has 5 heteroatoms. The third kappa shape index (κ3) is 1.85. The highest BCUT2D eigenvalue weighted by Crippen LogP contribution is 2.31. The molecule has 0 saturated carbocycles. The third-order valence-corrected chi connectivity index (χ3v) is 3.35. The Morgan fingerprint density at radius 2 is 1.94 bits per heavy atom. The summed E-state index contributed by atoms with van der Waals surface area (Å²) in [5.41, 5.74) is 2.26. The average molecular weight is 279 g/mol. The quantitative estimate of drug-likeness (QED) is 0.615. The van der Waals surface area contributed by atoms with Crippen LogP contribution in [0.25, 0.3) is 22.4 Å². The smallest absolute Gasteiger partial charge is 0.154 e. The van der Waals surface area contributed by atoms with Crippen LogP contribution < -0.4 is 0 Å². The van der Waals surface area contributed by atoms with Crippen LogP contribution in [0.4, 0.5) is 0 Å². The number of benzene rings is 1. The fourth-order valence-electron chi connectivity index (χ4n) is 1.81. The van der Waals surface area contributed by atoms with E-state index >= 15 is 0 Å². The molecule has 0 N–H and O–H groups in total. The topological polar surface area (TPSA) is 38.9 Å². The van der Waals surface area contributed by atoms with Crippen LogP contribution in [0, 0.1) is 6.92 Å². The number of hydrogen-bond acceptors (Lipinski definition) is 3. The molecule has 0 radical (unpaired) electrons. The van der Waals surface area contributed by atoms with Crippen molar-refractivity contribution in [3.8, 4) is 11.5 Å². The molecule has 18 heavy (non-hydrogen) atoms. The Labute approximate surface area is 113 Å². The molecule has 90 valence electrons. The summed E-state index contributed by atoms with van der Waals surface area (Å²) in [6.07, 6.45) is 1.42. The van der Waals surface area contributed by atoms with Gasteiger partial charge in [-0.05, 0) is 31.2 Å². The molecule has 1 aromatic carbocycles. The van der Waals surface area contributed by atoms with Gasteiger partial charge in [0, 0.05) is 16.0 Å². The molecule has 2 heterocycles. The standard InChI is InChI=1S/C13H8Cl2N2O/c1-7-12(16-6-17-13(7)15)11-5-8-4-9(14)2-3-10(8)18-11/h2-6H,1H3. The monoisotopic (exact) mass is 278 g/mol. The van der Waals surface area contributed by atoms with Gasteiger partial charge in [0.25, 0.3) is 0 Å². The van der Waals surface area contributed by atoms with E-state index in [2.05, 4.69) is 9.97 Å². The lowest BCUT2D eigenvalue weighted by atomic mass is 10.2. The predicted octanol–water partition coefficient (Wildman–Crippen LogP) is 4.51. The number of furan rings is 1. The zero-order valence-corrected chi connectivity index (χ0v) is 11.0. The Hall–Kier alpha value is -1.58. The predicted molar refractivity (Wildman–Crippen MR) is 72.0 cm³/mol. The van der Waals surface area contributed by atoms with Crippen molar-refractivity contribution in [2.24, 2.45) is 0 Å². The summed E-state index contributed by atoms with van der Waals surface area (Å²) >= 11 is 11.9. The molecule has 0 aliphatic carbocycles. The molecule has 3 nitrogen and oxygen atoms in total. The Kier molecular flexibility index (Phi) is 2.73. The van der Waals surface area contributed by atoms with E-state index in [1.54, 1.807) is 6.07 Å². The van der Waals surface area contributed by atoms with Crippen molar-refractivity contribution in [3.05, 3.63) is 46.3 Å². The molecule has 0 aliphatic heterocycles. The summed E-state index contributed by atoms with van der Waals surface area (Å²) in [6.45, 7) is 1.86. The minimum atomic E-state index is 0.429. The summed E-state index contributed by atoms with van der Waals surface area (Å²) in [7, 11) is 0. The van der Waals surface area contributed by atoms with Crippen LogP contribution in [-0.2, 0) is 0 Å². The lowest BCUT2D eigenvalue weighted by Crippen LogP contribution is -1.90. The molecule has 2 aromatic heterocycles.